The monoisotopic (exact) mass is 514 g/mol. The van der Waals surface area contributed by atoms with E-state index in [0.717, 1.165) is 0 Å². The Kier molecular flexibility index (Phi) is 8.52. The summed E-state index contributed by atoms with van der Waals surface area (Å²) >= 11 is 5.70. The van der Waals surface area contributed by atoms with E-state index in [2.05, 4.69) is 9.97 Å². The van der Waals surface area contributed by atoms with Crippen molar-refractivity contribution >= 4 is 11.6 Å². The van der Waals surface area contributed by atoms with Gasteiger partial charge in [0, 0.05) is 36.9 Å². The van der Waals surface area contributed by atoms with Gasteiger partial charge < -0.3 is 23.9 Å². The Labute approximate surface area is 210 Å². The van der Waals surface area contributed by atoms with Gasteiger partial charge >= 0.3 is 11.1 Å². The van der Waals surface area contributed by atoms with Crippen LogP contribution in [0.2, 0.25) is 5.15 Å². The lowest BCUT2D eigenvalue weighted by molar-refractivity contribution is 0.355. The van der Waals surface area contributed by atoms with E-state index in [1.54, 1.807) is 43.5 Å². The number of hydrogen-bond donors (Lipinski definition) is 1. The maximum absolute atomic E-state index is 11.8. The lowest BCUT2D eigenvalue weighted by atomic mass is 10.2. The van der Waals surface area contributed by atoms with E-state index >= 15 is 0 Å². The predicted molar refractivity (Wildman–Crippen MR) is 134 cm³/mol. The first-order chi connectivity index (χ1) is 17.3. The smallest absolute Gasteiger partial charge is 0.320 e. The highest BCUT2D eigenvalue weighted by molar-refractivity contribution is 6.29. The van der Waals surface area contributed by atoms with Crippen molar-refractivity contribution in [1.29, 1.82) is 0 Å². The van der Waals surface area contributed by atoms with Crippen LogP contribution in [0.25, 0.3) is 11.4 Å². The number of methoxy groups -OCH3 is 4. The van der Waals surface area contributed by atoms with Crippen molar-refractivity contribution in [3.05, 3.63) is 97.4 Å². The van der Waals surface area contributed by atoms with E-state index in [4.69, 9.17) is 30.5 Å². The number of aromatic nitrogens is 4. The van der Waals surface area contributed by atoms with Crippen molar-refractivity contribution in [2.24, 2.45) is 0 Å². The first kappa shape index (κ1) is 26.1. The van der Waals surface area contributed by atoms with Crippen LogP contribution in [0.5, 0.6) is 23.0 Å². The fourth-order valence-corrected chi connectivity index (χ4v) is 3.32. The van der Waals surface area contributed by atoms with Crippen molar-refractivity contribution in [1.82, 2.24) is 19.1 Å². The van der Waals surface area contributed by atoms with E-state index < -0.39 is 11.1 Å². The molecule has 0 aliphatic carbocycles. The third-order valence-corrected chi connectivity index (χ3v) is 5.20. The first-order valence-electron chi connectivity index (χ1n) is 10.3. The van der Waals surface area contributed by atoms with Crippen LogP contribution in [0.15, 0.2) is 75.6 Å². The minimum atomic E-state index is -0.674. The molecule has 4 aromatic rings. The molecule has 0 fully saturated rings. The van der Waals surface area contributed by atoms with Crippen molar-refractivity contribution < 1.29 is 18.9 Å². The van der Waals surface area contributed by atoms with Crippen LogP contribution in [0, 0.1) is 0 Å². The second-order valence-electron chi connectivity index (χ2n) is 6.94. The highest BCUT2D eigenvalue weighted by atomic mass is 35.5. The molecule has 188 valence electrons. The Morgan fingerprint density at radius 3 is 1.72 bits per heavy atom. The molecular formula is C24H23ClN4O7. The maximum Gasteiger partial charge on any atom is 0.320 e. The van der Waals surface area contributed by atoms with E-state index in [9.17, 15) is 14.4 Å². The number of nitrogens with zero attached hydrogens (tertiary/aromatic N) is 3. The molecule has 11 nitrogen and oxygen atoms in total. The van der Waals surface area contributed by atoms with Crippen molar-refractivity contribution in [2.45, 2.75) is 0 Å². The van der Waals surface area contributed by atoms with Gasteiger partial charge in [-0.2, -0.15) is 0 Å². The molecule has 36 heavy (non-hydrogen) atoms. The maximum atomic E-state index is 11.8. The number of nitrogens with one attached hydrogen (secondary N) is 1. The van der Waals surface area contributed by atoms with Gasteiger partial charge in [-0.3, -0.25) is 23.5 Å². The van der Waals surface area contributed by atoms with Crippen LogP contribution in [-0.4, -0.2) is 47.5 Å². The Bertz CT molecular complexity index is 1530. The average molecular weight is 515 g/mol. The number of rotatable bonds is 6. The van der Waals surface area contributed by atoms with Gasteiger partial charge in [0.25, 0.3) is 5.56 Å². The van der Waals surface area contributed by atoms with Crippen LogP contribution in [-0.2, 0) is 0 Å². The first-order valence-corrected chi connectivity index (χ1v) is 10.7. The lowest BCUT2D eigenvalue weighted by Crippen LogP contribution is -2.34. The fourth-order valence-electron chi connectivity index (χ4n) is 3.17. The number of benzene rings is 2. The molecule has 1 N–H and O–H groups in total. The fraction of sp³-hybridized carbons (Fsp3) is 0.167. The Balaban J connectivity index is 0.000000201. The van der Waals surface area contributed by atoms with E-state index in [1.165, 1.54) is 55.3 Å². The summed E-state index contributed by atoms with van der Waals surface area (Å²) in [5.74, 6) is 2.17. The zero-order valence-corrected chi connectivity index (χ0v) is 20.6. The van der Waals surface area contributed by atoms with Crippen LogP contribution < -0.4 is 35.6 Å². The summed E-state index contributed by atoms with van der Waals surface area (Å²) in [5, 5.41) is -0.0766. The van der Waals surface area contributed by atoms with Crippen molar-refractivity contribution in [3.63, 3.8) is 0 Å². The molecule has 0 unspecified atom stereocenters. The zero-order chi connectivity index (χ0) is 26.2. The SMILES string of the molecule is COc1ccc(-n2cc[nH]c(=O)c2=O)cc1OC.COc1ccc(-n2ccnc(Cl)c2=O)cc1OC. The highest BCUT2D eigenvalue weighted by Crippen LogP contribution is 2.29. The molecule has 0 aliphatic heterocycles. The van der Waals surface area contributed by atoms with E-state index in [0.29, 0.717) is 34.4 Å². The molecule has 4 rings (SSSR count). The Morgan fingerprint density at radius 2 is 1.22 bits per heavy atom. The summed E-state index contributed by atoms with van der Waals surface area (Å²) in [7, 11) is 6.11. The van der Waals surface area contributed by atoms with E-state index in [1.807, 2.05) is 0 Å². The van der Waals surface area contributed by atoms with Crippen LogP contribution in [0.4, 0.5) is 0 Å². The van der Waals surface area contributed by atoms with Crippen LogP contribution >= 0.6 is 11.6 Å². The quantitative estimate of drug-likeness (QED) is 0.389. The predicted octanol–water partition coefficient (Wildman–Crippen LogP) is 2.45. The van der Waals surface area contributed by atoms with Gasteiger partial charge in [0.2, 0.25) is 0 Å². The molecule has 2 aromatic heterocycles. The standard InChI is InChI=1S/C12H11ClN2O3.C12H12N2O4/c1-17-9-4-3-8(7-10(9)18-2)15-6-5-14-11(13)12(15)16;1-17-9-4-3-8(7-10(9)18-2)14-6-5-13-11(15)12(14)16/h3-7H,1-2H3;3-7H,1-2H3,(H,13,15). The average Bonchev–Trinajstić information content (AvgIpc) is 2.91. The number of ether oxygens (including phenoxy) is 4. The molecule has 0 atom stereocenters. The second kappa shape index (κ2) is 11.8. The molecule has 0 radical (unpaired) electrons. The normalized spacial score (nSPS) is 10.1. The molecule has 0 bridgehead atoms. The van der Waals surface area contributed by atoms with Gasteiger partial charge in [-0.1, -0.05) is 11.6 Å². The minimum Gasteiger partial charge on any atom is -0.493 e. The number of hydrogen-bond acceptors (Lipinski definition) is 8. The van der Waals surface area contributed by atoms with Gasteiger partial charge in [0.15, 0.2) is 28.2 Å². The van der Waals surface area contributed by atoms with Gasteiger partial charge in [-0.25, -0.2) is 4.98 Å². The molecule has 0 spiro atoms. The van der Waals surface area contributed by atoms with Gasteiger partial charge in [0.05, 0.1) is 39.8 Å². The third kappa shape index (κ3) is 5.58. The minimum absolute atomic E-state index is 0.0766. The summed E-state index contributed by atoms with van der Waals surface area (Å²) < 4.78 is 23.2. The van der Waals surface area contributed by atoms with Gasteiger partial charge in [-0.05, 0) is 24.3 Å². The summed E-state index contributed by atoms with van der Waals surface area (Å²) in [6.07, 6.45) is 5.88. The summed E-state index contributed by atoms with van der Waals surface area (Å²) in [6.45, 7) is 0. The Hall–Kier alpha value is -4.51. The number of H-pyrrole nitrogens is 1. The van der Waals surface area contributed by atoms with E-state index in [-0.39, 0.29) is 10.7 Å². The van der Waals surface area contributed by atoms with Crippen LogP contribution in [0.3, 0.4) is 0 Å². The van der Waals surface area contributed by atoms with Crippen LogP contribution in [0.1, 0.15) is 0 Å². The largest absolute Gasteiger partial charge is 0.493 e. The van der Waals surface area contributed by atoms with Gasteiger partial charge in [0.1, 0.15) is 0 Å². The highest BCUT2D eigenvalue weighted by Gasteiger charge is 2.09. The Morgan fingerprint density at radius 1 is 0.722 bits per heavy atom. The third-order valence-electron chi connectivity index (χ3n) is 4.94. The summed E-state index contributed by atoms with van der Waals surface area (Å²) in [4.78, 5) is 40.8. The number of halogens is 1. The topological polar surface area (TPSA) is 127 Å². The van der Waals surface area contributed by atoms with Crippen molar-refractivity contribution in [3.8, 4) is 34.4 Å². The molecule has 12 heteroatoms. The lowest BCUT2D eigenvalue weighted by Gasteiger charge is -2.10. The molecule has 2 heterocycles. The molecule has 0 saturated carbocycles. The molecule has 0 saturated heterocycles. The van der Waals surface area contributed by atoms with Gasteiger partial charge in [-0.15, -0.1) is 0 Å². The zero-order valence-electron chi connectivity index (χ0n) is 19.9. The molecular weight excluding hydrogens is 492 g/mol. The second-order valence-corrected chi connectivity index (χ2v) is 7.29. The summed E-state index contributed by atoms with van der Waals surface area (Å²) in [6, 6.07) is 10.1. The molecule has 2 aromatic carbocycles. The molecule has 0 amide bonds. The summed E-state index contributed by atoms with van der Waals surface area (Å²) in [5.41, 5.74) is -0.547. The van der Waals surface area contributed by atoms with Crippen molar-refractivity contribution in [2.75, 3.05) is 28.4 Å². The number of aromatic amines is 1. The molecule has 0 aliphatic rings.